The number of nitrogens with one attached hydrogen (secondary N) is 1. The molecule has 1 N–H and O–H groups in total. The second kappa shape index (κ2) is 6.29. The molecule has 2 rings (SSSR count). The summed E-state index contributed by atoms with van der Waals surface area (Å²) in [5.41, 5.74) is 2.06. The first kappa shape index (κ1) is 13.5. The summed E-state index contributed by atoms with van der Waals surface area (Å²) in [5.74, 6) is 0. The van der Waals surface area contributed by atoms with E-state index in [9.17, 15) is 5.26 Å². The SMILES string of the molecule is N#C/C(=C\Nc1ccccc1Cl)c1ccc(Cl)cc1. The average Bonchev–Trinajstić information content (AvgIpc) is 2.43. The zero-order valence-corrected chi connectivity index (χ0v) is 11.4. The third-order valence-corrected chi connectivity index (χ3v) is 3.10. The highest BCUT2D eigenvalue weighted by Gasteiger charge is 2.01. The van der Waals surface area contributed by atoms with Crippen LogP contribution in [0.2, 0.25) is 10.0 Å². The number of rotatable bonds is 3. The van der Waals surface area contributed by atoms with Crippen molar-refractivity contribution in [3.63, 3.8) is 0 Å². The Labute approximate surface area is 121 Å². The maximum Gasteiger partial charge on any atom is 0.101 e. The van der Waals surface area contributed by atoms with Crippen LogP contribution in [-0.2, 0) is 0 Å². The molecule has 0 saturated carbocycles. The molecule has 0 unspecified atom stereocenters. The minimum absolute atomic E-state index is 0.511. The molecule has 0 aromatic heterocycles. The van der Waals surface area contributed by atoms with Gasteiger partial charge >= 0.3 is 0 Å². The summed E-state index contributed by atoms with van der Waals surface area (Å²) in [6, 6.07) is 16.6. The fourth-order valence-corrected chi connectivity index (χ4v) is 1.85. The molecule has 0 aliphatic carbocycles. The summed E-state index contributed by atoms with van der Waals surface area (Å²) in [7, 11) is 0. The lowest BCUT2D eigenvalue weighted by molar-refractivity contribution is 1.50. The molecule has 0 saturated heterocycles. The Morgan fingerprint density at radius 2 is 1.74 bits per heavy atom. The monoisotopic (exact) mass is 288 g/mol. The van der Waals surface area contributed by atoms with Crippen molar-refractivity contribution in [1.82, 2.24) is 0 Å². The summed E-state index contributed by atoms with van der Waals surface area (Å²) >= 11 is 11.8. The van der Waals surface area contributed by atoms with Crippen LogP contribution in [0.15, 0.2) is 54.7 Å². The molecular formula is C15H10Cl2N2. The van der Waals surface area contributed by atoms with Crippen molar-refractivity contribution < 1.29 is 0 Å². The van der Waals surface area contributed by atoms with Crippen LogP contribution in [0.25, 0.3) is 5.57 Å². The van der Waals surface area contributed by atoms with Crippen molar-refractivity contribution in [2.45, 2.75) is 0 Å². The molecule has 4 heteroatoms. The van der Waals surface area contributed by atoms with Crippen molar-refractivity contribution in [1.29, 1.82) is 5.26 Å². The first-order chi connectivity index (χ1) is 9.20. The fraction of sp³-hybridized carbons (Fsp3) is 0. The van der Waals surface area contributed by atoms with Crippen LogP contribution >= 0.6 is 23.2 Å². The molecule has 0 fully saturated rings. The average molecular weight is 289 g/mol. The topological polar surface area (TPSA) is 35.8 Å². The quantitative estimate of drug-likeness (QED) is 0.810. The molecule has 19 heavy (non-hydrogen) atoms. The predicted molar refractivity (Wildman–Crippen MR) is 80.1 cm³/mol. The number of anilines is 1. The summed E-state index contributed by atoms with van der Waals surface area (Å²) in [5, 5.41) is 13.4. The van der Waals surface area contributed by atoms with Crippen LogP contribution in [0.5, 0.6) is 0 Å². The maximum absolute atomic E-state index is 9.17. The lowest BCUT2D eigenvalue weighted by Crippen LogP contribution is -1.91. The van der Waals surface area contributed by atoms with Crippen molar-refractivity contribution in [2.24, 2.45) is 0 Å². The van der Waals surface area contributed by atoms with Gasteiger partial charge in [-0.15, -0.1) is 0 Å². The molecule has 2 aromatic carbocycles. The predicted octanol–water partition coefficient (Wildman–Crippen LogP) is 4.97. The molecule has 0 aliphatic rings. The van der Waals surface area contributed by atoms with Gasteiger partial charge in [-0.25, -0.2) is 0 Å². The van der Waals surface area contributed by atoms with Crippen LogP contribution in [0.4, 0.5) is 5.69 Å². The molecule has 0 spiro atoms. The van der Waals surface area contributed by atoms with E-state index in [0.717, 1.165) is 11.3 Å². The Morgan fingerprint density at radius 1 is 1.05 bits per heavy atom. The Balaban J connectivity index is 2.23. The van der Waals surface area contributed by atoms with Crippen molar-refractivity contribution in [3.05, 3.63) is 70.3 Å². The summed E-state index contributed by atoms with van der Waals surface area (Å²) < 4.78 is 0. The molecule has 0 radical (unpaired) electrons. The zero-order valence-electron chi connectivity index (χ0n) is 9.90. The fourth-order valence-electron chi connectivity index (χ4n) is 1.54. The van der Waals surface area contributed by atoms with Gasteiger partial charge < -0.3 is 5.32 Å². The van der Waals surface area contributed by atoms with E-state index in [4.69, 9.17) is 23.2 Å². The normalized spacial score (nSPS) is 10.9. The lowest BCUT2D eigenvalue weighted by atomic mass is 10.1. The van der Waals surface area contributed by atoms with Gasteiger partial charge in [0.1, 0.15) is 6.07 Å². The second-order valence-corrected chi connectivity index (χ2v) is 4.64. The number of hydrogen-bond acceptors (Lipinski definition) is 2. The third-order valence-electron chi connectivity index (χ3n) is 2.52. The molecular weight excluding hydrogens is 279 g/mol. The Morgan fingerprint density at radius 3 is 2.37 bits per heavy atom. The number of allylic oxidation sites excluding steroid dienone is 1. The zero-order chi connectivity index (χ0) is 13.7. The van der Waals surface area contributed by atoms with Gasteiger partial charge in [-0.05, 0) is 29.8 Å². The van der Waals surface area contributed by atoms with Gasteiger partial charge in [0.2, 0.25) is 0 Å². The Bertz CT molecular complexity index is 640. The van der Waals surface area contributed by atoms with Crippen molar-refractivity contribution in [2.75, 3.05) is 5.32 Å². The van der Waals surface area contributed by atoms with E-state index >= 15 is 0 Å². The first-order valence-corrected chi connectivity index (χ1v) is 6.33. The van der Waals surface area contributed by atoms with Gasteiger partial charge in [0.15, 0.2) is 0 Å². The molecule has 2 nitrogen and oxygen atoms in total. The molecule has 0 bridgehead atoms. The van der Waals surface area contributed by atoms with Crippen LogP contribution in [0.3, 0.4) is 0 Å². The number of para-hydroxylation sites is 1. The van der Waals surface area contributed by atoms with E-state index in [1.165, 1.54) is 0 Å². The molecule has 0 amide bonds. The van der Waals surface area contributed by atoms with E-state index in [1.807, 2.05) is 18.2 Å². The first-order valence-electron chi connectivity index (χ1n) is 5.58. The third kappa shape index (κ3) is 3.51. The second-order valence-electron chi connectivity index (χ2n) is 3.80. The highest BCUT2D eigenvalue weighted by atomic mass is 35.5. The van der Waals surface area contributed by atoms with Gasteiger partial charge in [0.05, 0.1) is 16.3 Å². The van der Waals surface area contributed by atoms with Gasteiger partial charge in [-0.3, -0.25) is 0 Å². The van der Waals surface area contributed by atoms with Crippen molar-refractivity contribution in [3.8, 4) is 6.07 Å². The van der Waals surface area contributed by atoms with E-state index in [-0.39, 0.29) is 0 Å². The van der Waals surface area contributed by atoms with Gasteiger partial charge in [-0.2, -0.15) is 5.26 Å². The van der Waals surface area contributed by atoms with Gasteiger partial charge in [-0.1, -0.05) is 47.5 Å². The van der Waals surface area contributed by atoms with Gasteiger partial charge in [0.25, 0.3) is 0 Å². The number of nitriles is 1. The summed E-state index contributed by atoms with van der Waals surface area (Å²) in [4.78, 5) is 0. The van der Waals surface area contributed by atoms with Crippen molar-refractivity contribution >= 4 is 34.5 Å². The lowest BCUT2D eigenvalue weighted by Gasteiger charge is -2.04. The molecule has 0 atom stereocenters. The highest BCUT2D eigenvalue weighted by Crippen LogP contribution is 2.22. The van der Waals surface area contributed by atoms with Crippen LogP contribution in [0, 0.1) is 11.3 Å². The number of halogens is 2. The minimum atomic E-state index is 0.511. The molecule has 2 aromatic rings. The van der Waals surface area contributed by atoms with Crippen LogP contribution in [-0.4, -0.2) is 0 Å². The number of benzene rings is 2. The smallest absolute Gasteiger partial charge is 0.101 e. The Kier molecular flexibility index (Phi) is 4.46. The molecule has 0 aliphatic heterocycles. The van der Waals surface area contributed by atoms with Crippen LogP contribution < -0.4 is 5.32 Å². The van der Waals surface area contributed by atoms with E-state index in [2.05, 4.69) is 11.4 Å². The number of nitrogens with zero attached hydrogens (tertiary/aromatic N) is 1. The van der Waals surface area contributed by atoms with E-state index in [0.29, 0.717) is 15.6 Å². The van der Waals surface area contributed by atoms with E-state index in [1.54, 1.807) is 36.5 Å². The van der Waals surface area contributed by atoms with E-state index < -0.39 is 0 Å². The molecule has 0 heterocycles. The largest absolute Gasteiger partial charge is 0.359 e. The summed E-state index contributed by atoms with van der Waals surface area (Å²) in [6.45, 7) is 0. The highest BCUT2D eigenvalue weighted by molar-refractivity contribution is 6.33. The standard InChI is InChI=1S/C15H10Cl2N2/c16-13-7-5-11(6-8-13)12(9-18)10-19-15-4-2-1-3-14(15)17/h1-8,10,19H/b12-10+. The Hall–Kier alpha value is -1.95. The van der Waals surface area contributed by atoms with Gasteiger partial charge in [0, 0.05) is 11.2 Å². The summed E-state index contributed by atoms with van der Waals surface area (Å²) in [6.07, 6.45) is 1.63. The molecule has 94 valence electrons. The maximum atomic E-state index is 9.17. The van der Waals surface area contributed by atoms with Crippen LogP contribution in [0.1, 0.15) is 5.56 Å². The minimum Gasteiger partial charge on any atom is -0.359 e. The number of hydrogen-bond donors (Lipinski definition) is 1.